The molecule has 0 saturated heterocycles. The standard InChI is InChI=1S/C20H25ClN2O5.C2H6O3S/c1-4-28-20(25)18-15(11-27-10-9-22)23-12(2)16(19(24)26-3)17(18)13-7-5-6-8-14(13)21;1-2-6(3,4)5/h5-8,17,23H,4,9-11,22H2,1-3H3;2H2,1H3,(H,3,4,5)/p-1. The lowest BCUT2D eigenvalue weighted by molar-refractivity contribution is -0.139. The maximum Gasteiger partial charge on any atom is 0.336 e. The number of hydrogen-bond donors (Lipinski definition) is 2. The topological polar surface area (TPSA) is 157 Å². The third-order valence-corrected chi connectivity index (χ3v) is 5.68. The van der Waals surface area contributed by atoms with E-state index >= 15 is 0 Å². The lowest BCUT2D eigenvalue weighted by atomic mass is 9.80. The van der Waals surface area contributed by atoms with Crippen LogP contribution in [0.1, 0.15) is 32.3 Å². The average Bonchev–Trinajstić information content (AvgIpc) is 2.78. The Balaban J connectivity index is 0.000000852. The molecular weight excluding hydrogens is 488 g/mol. The molecule has 10 nitrogen and oxygen atoms in total. The van der Waals surface area contributed by atoms with Gasteiger partial charge in [-0.25, -0.2) is 18.0 Å². The van der Waals surface area contributed by atoms with Gasteiger partial charge in [0.1, 0.15) is 0 Å². The molecule has 12 heteroatoms. The Labute approximate surface area is 204 Å². The van der Waals surface area contributed by atoms with Crippen molar-refractivity contribution in [3.8, 4) is 0 Å². The summed E-state index contributed by atoms with van der Waals surface area (Å²) in [7, 11) is -2.62. The van der Waals surface area contributed by atoms with Gasteiger partial charge < -0.3 is 29.8 Å². The average molecular weight is 518 g/mol. The summed E-state index contributed by atoms with van der Waals surface area (Å²) in [5.41, 5.74) is 7.70. The molecular formula is C22H30ClN2O8S-. The Morgan fingerprint density at radius 1 is 1.18 bits per heavy atom. The molecule has 1 aromatic carbocycles. The van der Waals surface area contributed by atoms with Crippen molar-refractivity contribution in [2.24, 2.45) is 5.73 Å². The molecule has 0 radical (unpaired) electrons. The molecule has 3 N–H and O–H groups in total. The monoisotopic (exact) mass is 517 g/mol. The molecule has 1 heterocycles. The van der Waals surface area contributed by atoms with Gasteiger partial charge in [-0.15, -0.1) is 0 Å². The van der Waals surface area contributed by atoms with Crippen molar-refractivity contribution in [1.29, 1.82) is 0 Å². The van der Waals surface area contributed by atoms with E-state index in [4.69, 9.17) is 31.5 Å². The molecule has 0 saturated carbocycles. The van der Waals surface area contributed by atoms with E-state index in [-0.39, 0.29) is 24.5 Å². The second-order valence-electron chi connectivity index (χ2n) is 6.91. The molecule has 1 atom stereocenters. The second-order valence-corrected chi connectivity index (χ2v) is 9.01. The summed E-state index contributed by atoms with van der Waals surface area (Å²) in [6.45, 7) is 5.72. The number of methoxy groups -OCH3 is 1. The summed E-state index contributed by atoms with van der Waals surface area (Å²) in [6, 6.07) is 7.05. The van der Waals surface area contributed by atoms with Crippen LogP contribution in [0.5, 0.6) is 0 Å². The number of allylic oxidation sites excluding steroid dienone is 1. The smallest absolute Gasteiger partial charge is 0.336 e. The van der Waals surface area contributed by atoms with Gasteiger partial charge >= 0.3 is 11.9 Å². The number of benzene rings is 1. The van der Waals surface area contributed by atoms with Crippen LogP contribution < -0.4 is 11.1 Å². The van der Waals surface area contributed by atoms with Gasteiger partial charge in [-0.3, -0.25) is 0 Å². The normalized spacial score (nSPS) is 15.8. The summed E-state index contributed by atoms with van der Waals surface area (Å²) in [4.78, 5) is 25.5. The molecule has 1 unspecified atom stereocenters. The number of rotatable bonds is 9. The van der Waals surface area contributed by atoms with Crippen LogP contribution in [0, 0.1) is 0 Å². The number of carbonyl (C=O) groups is 2. The van der Waals surface area contributed by atoms with Gasteiger partial charge in [0.25, 0.3) is 0 Å². The first kappa shape index (κ1) is 29.6. The summed E-state index contributed by atoms with van der Waals surface area (Å²) in [5, 5.41) is 3.52. The van der Waals surface area contributed by atoms with E-state index < -0.39 is 28.0 Å². The minimum atomic E-state index is -3.91. The minimum Gasteiger partial charge on any atom is -0.748 e. The number of esters is 2. The highest BCUT2D eigenvalue weighted by molar-refractivity contribution is 7.85. The van der Waals surface area contributed by atoms with Gasteiger partial charge in [-0.2, -0.15) is 0 Å². The highest BCUT2D eigenvalue weighted by Gasteiger charge is 2.39. The predicted octanol–water partition coefficient (Wildman–Crippen LogP) is 1.82. The van der Waals surface area contributed by atoms with E-state index in [9.17, 15) is 22.6 Å². The fourth-order valence-electron chi connectivity index (χ4n) is 3.12. The number of hydrogen-bond acceptors (Lipinski definition) is 10. The fraction of sp³-hybridized carbons (Fsp3) is 0.455. The molecule has 0 amide bonds. The number of dihydropyridines is 1. The van der Waals surface area contributed by atoms with Gasteiger partial charge in [0, 0.05) is 23.0 Å². The number of ether oxygens (including phenoxy) is 3. The third-order valence-electron chi connectivity index (χ3n) is 4.62. The van der Waals surface area contributed by atoms with Crippen molar-refractivity contribution in [3.63, 3.8) is 0 Å². The molecule has 1 aromatic rings. The quantitative estimate of drug-likeness (QED) is 0.281. The van der Waals surface area contributed by atoms with Crippen molar-refractivity contribution in [2.75, 3.05) is 39.2 Å². The van der Waals surface area contributed by atoms with Crippen LogP contribution in [0.4, 0.5) is 0 Å². The van der Waals surface area contributed by atoms with Crippen molar-refractivity contribution < 1.29 is 36.8 Å². The van der Waals surface area contributed by atoms with E-state index in [1.54, 1.807) is 38.1 Å². The zero-order valence-electron chi connectivity index (χ0n) is 19.6. The minimum absolute atomic E-state index is 0.109. The molecule has 0 aromatic heterocycles. The highest BCUT2D eigenvalue weighted by atomic mass is 35.5. The zero-order chi connectivity index (χ0) is 25.9. The second kappa shape index (κ2) is 14.1. The number of carbonyl (C=O) groups excluding carboxylic acids is 2. The molecule has 0 aliphatic carbocycles. The van der Waals surface area contributed by atoms with Crippen LogP contribution in [-0.4, -0.2) is 64.1 Å². The zero-order valence-corrected chi connectivity index (χ0v) is 21.1. The van der Waals surface area contributed by atoms with E-state index in [1.807, 2.05) is 0 Å². The lowest BCUT2D eigenvalue weighted by Crippen LogP contribution is -2.35. The molecule has 0 bridgehead atoms. The lowest BCUT2D eigenvalue weighted by Gasteiger charge is -2.31. The summed E-state index contributed by atoms with van der Waals surface area (Å²) in [6.07, 6.45) is 0. The van der Waals surface area contributed by atoms with E-state index in [0.717, 1.165) is 0 Å². The van der Waals surface area contributed by atoms with Crippen molar-refractivity contribution in [1.82, 2.24) is 5.32 Å². The van der Waals surface area contributed by atoms with E-state index in [2.05, 4.69) is 5.32 Å². The largest absolute Gasteiger partial charge is 0.748 e. The maximum atomic E-state index is 12.9. The summed E-state index contributed by atoms with van der Waals surface area (Å²) in [5.74, 6) is -2.18. The molecule has 1 aliphatic heterocycles. The van der Waals surface area contributed by atoms with Gasteiger partial charge in [-0.05, 0) is 25.5 Å². The molecule has 0 spiro atoms. The highest BCUT2D eigenvalue weighted by Crippen LogP contribution is 2.41. The Morgan fingerprint density at radius 2 is 1.79 bits per heavy atom. The molecule has 1 aliphatic rings. The first-order valence-electron chi connectivity index (χ1n) is 10.4. The van der Waals surface area contributed by atoms with Gasteiger partial charge in [0.2, 0.25) is 0 Å². The summed E-state index contributed by atoms with van der Waals surface area (Å²) < 4.78 is 44.1. The van der Waals surface area contributed by atoms with Gasteiger partial charge in [0.05, 0.1) is 59.8 Å². The SMILES string of the molecule is CCOC(=O)C1=C(COCCN)NC(C)=C(C(=O)OC)C1c1ccccc1Cl.CCS(=O)(=O)[O-]. The van der Waals surface area contributed by atoms with Crippen LogP contribution in [0.25, 0.3) is 0 Å². The Bertz CT molecular complexity index is 1040. The summed E-state index contributed by atoms with van der Waals surface area (Å²) >= 11 is 6.42. The van der Waals surface area contributed by atoms with Gasteiger partial charge in [-0.1, -0.05) is 36.7 Å². The predicted molar refractivity (Wildman–Crippen MR) is 126 cm³/mol. The maximum absolute atomic E-state index is 12.9. The van der Waals surface area contributed by atoms with Crippen LogP contribution >= 0.6 is 11.6 Å². The van der Waals surface area contributed by atoms with Gasteiger partial charge in [0.15, 0.2) is 0 Å². The Hall–Kier alpha value is -2.44. The number of halogens is 1. The Morgan fingerprint density at radius 3 is 2.29 bits per heavy atom. The first-order valence-corrected chi connectivity index (χ1v) is 12.4. The van der Waals surface area contributed by atoms with Crippen LogP contribution in [0.15, 0.2) is 46.8 Å². The van der Waals surface area contributed by atoms with Crippen molar-refractivity contribution in [3.05, 3.63) is 57.4 Å². The van der Waals surface area contributed by atoms with E-state index in [1.165, 1.54) is 14.0 Å². The Kier molecular flexibility index (Phi) is 12.2. The van der Waals surface area contributed by atoms with E-state index in [0.29, 0.717) is 40.7 Å². The molecule has 34 heavy (non-hydrogen) atoms. The molecule has 2 rings (SSSR count). The number of nitrogens with two attached hydrogens (primary N) is 1. The third kappa shape index (κ3) is 8.41. The first-order chi connectivity index (χ1) is 16.0. The van der Waals surface area contributed by atoms with Crippen LogP contribution in [-0.2, 0) is 33.9 Å². The molecule has 190 valence electrons. The van der Waals surface area contributed by atoms with Crippen molar-refractivity contribution >= 4 is 33.7 Å². The number of nitrogens with one attached hydrogen (secondary N) is 1. The fourth-order valence-corrected chi connectivity index (χ4v) is 3.36. The molecule has 0 fully saturated rings. The van der Waals surface area contributed by atoms with Crippen LogP contribution in [0.3, 0.4) is 0 Å². The van der Waals surface area contributed by atoms with Crippen LogP contribution in [0.2, 0.25) is 5.02 Å². The van der Waals surface area contributed by atoms with Crippen molar-refractivity contribution in [2.45, 2.75) is 26.7 Å².